The van der Waals surface area contributed by atoms with Crippen LogP contribution in [0.3, 0.4) is 0 Å². The highest BCUT2D eigenvalue weighted by Crippen LogP contribution is 2.53. The fraction of sp³-hybridized carbons (Fsp3) is 0.609. The molecule has 1 aliphatic heterocycles. The first kappa shape index (κ1) is 20.8. The van der Waals surface area contributed by atoms with Crippen LogP contribution in [-0.4, -0.2) is 47.6 Å². The summed E-state index contributed by atoms with van der Waals surface area (Å²) in [5, 5.41) is 12.5. The van der Waals surface area contributed by atoms with Crippen molar-refractivity contribution >= 4 is 11.9 Å². The monoisotopic (exact) mass is 413 g/mol. The van der Waals surface area contributed by atoms with Gasteiger partial charge in [-0.2, -0.15) is 5.26 Å². The molecule has 3 aliphatic carbocycles. The average molecular weight is 413 g/mol. The van der Waals surface area contributed by atoms with Gasteiger partial charge in [-0.25, -0.2) is 4.39 Å². The number of esters is 1. The van der Waals surface area contributed by atoms with Crippen molar-refractivity contribution in [3.8, 4) is 6.07 Å². The lowest BCUT2D eigenvalue weighted by Crippen LogP contribution is -2.58. The van der Waals surface area contributed by atoms with Gasteiger partial charge in [0, 0.05) is 12.0 Å². The van der Waals surface area contributed by atoms with E-state index in [4.69, 9.17) is 10.00 Å². The van der Waals surface area contributed by atoms with E-state index >= 15 is 0 Å². The summed E-state index contributed by atoms with van der Waals surface area (Å²) in [7, 11) is 0. The molecule has 160 valence electrons. The molecular weight excluding hydrogens is 385 g/mol. The highest BCUT2D eigenvalue weighted by Gasteiger charge is 2.53. The molecule has 4 fully saturated rings. The number of hydrogen-bond donors (Lipinski definition) is 1. The van der Waals surface area contributed by atoms with Crippen molar-refractivity contribution in [2.75, 3.05) is 13.1 Å². The smallest absolute Gasteiger partial charge is 0.312 e. The number of nitrogens with zero attached hydrogens (tertiary/aromatic N) is 2. The molecule has 1 aromatic carbocycles. The van der Waals surface area contributed by atoms with Gasteiger partial charge in [0.25, 0.3) is 0 Å². The topological polar surface area (TPSA) is 82.4 Å². The number of ether oxygens (including phenoxy) is 1. The molecule has 1 saturated heterocycles. The van der Waals surface area contributed by atoms with Gasteiger partial charge in [0.2, 0.25) is 5.91 Å². The summed E-state index contributed by atoms with van der Waals surface area (Å²) in [5.41, 5.74) is 0.412. The molecule has 1 unspecified atom stereocenters. The minimum absolute atomic E-state index is 0.00209. The van der Waals surface area contributed by atoms with Crippen molar-refractivity contribution in [1.82, 2.24) is 10.2 Å². The second kappa shape index (κ2) is 8.35. The van der Waals surface area contributed by atoms with Gasteiger partial charge in [-0.15, -0.1) is 0 Å². The molecule has 1 N–H and O–H groups in total. The summed E-state index contributed by atoms with van der Waals surface area (Å²) in [6.45, 7) is 0.406. The predicted molar refractivity (Wildman–Crippen MR) is 108 cm³/mol. The first-order chi connectivity index (χ1) is 14.5. The lowest BCUT2D eigenvalue weighted by atomic mass is 9.57. The zero-order valence-electron chi connectivity index (χ0n) is 17.1. The summed E-state index contributed by atoms with van der Waals surface area (Å²) < 4.78 is 19.2. The van der Waals surface area contributed by atoms with Crippen LogP contribution in [0.4, 0.5) is 4.39 Å². The van der Waals surface area contributed by atoms with Crippen molar-refractivity contribution in [3.05, 3.63) is 35.9 Å². The fourth-order valence-electron chi connectivity index (χ4n) is 5.18. The van der Waals surface area contributed by atoms with E-state index < -0.39 is 17.6 Å². The van der Waals surface area contributed by atoms with Crippen molar-refractivity contribution < 1.29 is 18.7 Å². The maximum atomic E-state index is 13.6. The lowest BCUT2D eigenvalue weighted by molar-refractivity contribution is -0.165. The van der Waals surface area contributed by atoms with Crippen LogP contribution < -0.4 is 5.32 Å². The normalized spacial score (nSPS) is 32.6. The summed E-state index contributed by atoms with van der Waals surface area (Å²) in [6.07, 6.45) is 3.66. The first-order valence-electron chi connectivity index (χ1n) is 10.7. The molecule has 0 aromatic heterocycles. The van der Waals surface area contributed by atoms with E-state index in [9.17, 15) is 14.0 Å². The number of rotatable bonds is 6. The summed E-state index contributed by atoms with van der Waals surface area (Å²) in [6, 6.07) is 11.0. The van der Waals surface area contributed by atoms with Crippen molar-refractivity contribution in [1.29, 1.82) is 5.26 Å². The van der Waals surface area contributed by atoms with E-state index in [2.05, 4.69) is 5.32 Å². The van der Waals surface area contributed by atoms with Crippen LogP contribution in [-0.2, 0) is 20.9 Å². The molecule has 0 radical (unpaired) electrons. The highest BCUT2D eigenvalue weighted by atomic mass is 19.1. The second-order valence-corrected chi connectivity index (χ2v) is 9.00. The molecule has 2 bridgehead atoms. The minimum atomic E-state index is -1.12. The van der Waals surface area contributed by atoms with Gasteiger partial charge in [0.1, 0.15) is 18.8 Å². The van der Waals surface area contributed by atoms with E-state index in [0.717, 1.165) is 44.1 Å². The Morgan fingerprint density at radius 2 is 1.83 bits per heavy atom. The predicted octanol–water partition coefficient (Wildman–Crippen LogP) is 2.87. The van der Waals surface area contributed by atoms with Crippen molar-refractivity contribution in [3.63, 3.8) is 0 Å². The van der Waals surface area contributed by atoms with Gasteiger partial charge in [-0.3, -0.25) is 9.59 Å². The molecule has 1 aromatic rings. The van der Waals surface area contributed by atoms with Crippen LogP contribution in [0, 0.1) is 16.7 Å². The van der Waals surface area contributed by atoms with Gasteiger partial charge in [-0.1, -0.05) is 30.3 Å². The van der Waals surface area contributed by atoms with Crippen LogP contribution in [0.15, 0.2) is 30.3 Å². The number of halogens is 1. The maximum absolute atomic E-state index is 13.6. The van der Waals surface area contributed by atoms with Crippen molar-refractivity contribution in [2.45, 2.75) is 69.3 Å². The zero-order valence-corrected chi connectivity index (χ0v) is 17.1. The fourth-order valence-corrected chi connectivity index (χ4v) is 5.18. The first-order valence-corrected chi connectivity index (χ1v) is 10.7. The molecule has 6 nitrogen and oxygen atoms in total. The van der Waals surface area contributed by atoms with E-state index in [1.807, 2.05) is 36.4 Å². The van der Waals surface area contributed by atoms with Gasteiger partial charge in [0.15, 0.2) is 0 Å². The third-order valence-electron chi connectivity index (χ3n) is 7.23. The molecule has 30 heavy (non-hydrogen) atoms. The number of likely N-dealkylation sites (tertiary alicyclic amines) is 1. The van der Waals surface area contributed by atoms with E-state index in [-0.39, 0.29) is 36.9 Å². The van der Waals surface area contributed by atoms with E-state index in [0.29, 0.717) is 6.61 Å². The van der Waals surface area contributed by atoms with Crippen LogP contribution in [0.25, 0.3) is 0 Å². The van der Waals surface area contributed by atoms with E-state index in [1.54, 1.807) is 0 Å². The van der Waals surface area contributed by atoms with Crippen LogP contribution in [0.2, 0.25) is 0 Å². The number of alkyl halides is 1. The zero-order chi connectivity index (χ0) is 21.2. The Morgan fingerprint density at radius 3 is 2.47 bits per heavy atom. The Balaban J connectivity index is 1.28. The number of nitriles is 1. The number of fused-ring (bicyclic) bond motifs is 3. The van der Waals surface area contributed by atoms with Gasteiger partial charge in [-0.05, 0) is 44.1 Å². The molecule has 4 aliphatic rings. The van der Waals surface area contributed by atoms with E-state index in [1.165, 1.54) is 4.90 Å². The number of carbonyl (C=O) groups excluding carboxylic acids is 2. The van der Waals surface area contributed by atoms with Crippen LogP contribution >= 0.6 is 0 Å². The molecule has 0 spiro atoms. The van der Waals surface area contributed by atoms with Crippen molar-refractivity contribution in [2.24, 2.45) is 5.41 Å². The Kier molecular flexibility index (Phi) is 5.79. The molecule has 2 atom stereocenters. The number of nitrogens with one attached hydrogen (secondary N) is 1. The van der Waals surface area contributed by atoms with Gasteiger partial charge in [0.05, 0.1) is 24.6 Å². The third kappa shape index (κ3) is 4.06. The minimum Gasteiger partial charge on any atom is -0.460 e. The third-order valence-corrected chi connectivity index (χ3v) is 7.23. The number of carbonyl (C=O) groups is 2. The summed E-state index contributed by atoms with van der Waals surface area (Å²) in [5.74, 6) is -0.334. The second-order valence-electron chi connectivity index (χ2n) is 9.00. The molecule has 3 saturated carbocycles. The quantitative estimate of drug-likeness (QED) is 0.725. The summed E-state index contributed by atoms with van der Waals surface area (Å²) in [4.78, 5) is 26.7. The van der Waals surface area contributed by atoms with Gasteiger partial charge < -0.3 is 15.0 Å². The maximum Gasteiger partial charge on any atom is 0.312 e. The Hall–Kier alpha value is -2.46. The number of amides is 1. The highest BCUT2D eigenvalue weighted by molar-refractivity contribution is 5.80. The number of hydrogen-bond acceptors (Lipinski definition) is 5. The Bertz CT molecular complexity index is 813. The lowest BCUT2D eigenvalue weighted by Gasteiger charge is -2.52. The molecule has 7 heteroatoms. The summed E-state index contributed by atoms with van der Waals surface area (Å²) >= 11 is 0. The average Bonchev–Trinajstić information content (AvgIpc) is 3.18. The molecule has 1 heterocycles. The molecule has 5 rings (SSSR count). The largest absolute Gasteiger partial charge is 0.460 e. The Labute approximate surface area is 176 Å². The van der Waals surface area contributed by atoms with Gasteiger partial charge >= 0.3 is 5.97 Å². The van der Waals surface area contributed by atoms with Crippen LogP contribution in [0.5, 0.6) is 0 Å². The molecular formula is C23H28FN3O3. The standard InChI is InChI=1S/C23H28FN3O3/c24-18-12-19(13-25)27(15-18)20(28)14-26-23-9-6-22(7-10-23,8-11-23)21(29)30-16-17-4-2-1-3-5-17/h1-5,18-19,26H,6-12,14-16H2/t18-,19?,22?,23?/m0/s1. The number of benzene rings is 1. The van der Waals surface area contributed by atoms with Crippen LogP contribution in [0.1, 0.15) is 50.5 Å². The SMILES string of the molecule is N#CC1C[C@H](F)CN1C(=O)CNC12CCC(C(=O)OCc3ccccc3)(CC1)CC2. The Morgan fingerprint density at radius 1 is 1.17 bits per heavy atom. The molecule has 1 amide bonds.